The lowest BCUT2D eigenvalue weighted by Crippen LogP contribution is -2.40. The number of hydrogen-bond acceptors (Lipinski definition) is 6. The molecule has 1 aromatic carbocycles. The molecule has 1 aromatic heterocycles. The molecule has 0 radical (unpaired) electrons. The van der Waals surface area contributed by atoms with Crippen molar-refractivity contribution >= 4 is 28.2 Å². The summed E-state index contributed by atoms with van der Waals surface area (Å²) in [5.74, 6) is -0.586. The normalized spacial score (nSPS) is 15.4. The Kier molecular flexibility index (Phi) is 6.83. The average molecular weight is 403 g/mol. The van der Waals surface area contributed by atoms with Crippen LogP contribution in [0.25, 0.3) is 10.4 Å². The van der Waals surface area contributed by atoms with Crippen LogP contribution in [-0.2, 0) is 9.53 Å². The van der Waals surface area contributed by atoms with Gasteiger partial charge in [-0.1, -0.05) is 30.3 Å². The summed E-state index contributed by atoms with van der Waals surface area (Å²) in [7, 11) is 0. The maximum atomic E-state index is 12.6. The van der Waals surface area contributed by atoms with E-state index in [9.17, 15) is 14.7 Å². The van der Waals surface area contributed by atoms with E-state index < -0.39 is 5.97 Å². The minimum absolute atomic E-state index is 0.164. The van der Waals surface area contributed by atoms with Gasteiger partial charge in [-0.2, -0.15) is 0 Å². The number of anilines is 1. The molecule has 2 aromatic rings. The highest BCUT2D eigenvalue weighted by Crippen LogP contribution is 2.40. The van der Waals surface area contributed by atoms with Crippen molar-refractivity contribution in [2.24, 2.45) is 0 Å². The van der Waals surface area contributed by atoms with Gasteiger partial charge in [0.25, 0.3) is 0 Å². The molecular formula is C21H26N2O4S. The van der Waals surface area contributed by atoms with E-state index in [1.807, 2.05) is 42.2 Å². The Morgan fingerprint density at radius 3 is 2.57 bits per heavy atom. The summed E-state index contributed by atoms with van der Waals surface area (Å²) in [6.07, 6.45) is 1.08. The fourth-order valence-electron chi connectivity index (χ4n) is 3.36. The maximum Gasteiger partial charge on any atom is 0.341 e. The standard InChI is InChI=1S/C21H26N2O4S/c1-3-27-21(26)18-14(2)19(15-7-5-4-6-8-15)28-20(18)22-17(25)13-23-11-9-16(24)10-12-23/h4-8,16,24H,3,9-13H2,1-2H3,(H,22,25). The number of nitrogens with one attached hydrogen (secondary N) is 1. The van der Waals surface area contributed by atoms with E-state index in [2.05, 4.69) is 5.32 Å². The van der Waals surface area contributed by atoms with Gasteiger partial charge in [-0.25, -0.2) is 4.79 Å². The van der Waals surface area contributed by atoms with E-state index in [0.29, 0.717) is 36.5 Å². The number of amides is 1. The van der Waals surface area contributed by atoms with Crippen molar-refractivity contribution in [3.05, 3.63) is 41.5 Å². The van der Waals surface area contributed by atoms with Gasteiger partial charge in [0, 0.05) is 18.0 Å². The Bertz CT molecular complexity index is 826. The number of likely N-dealkylation sites (tertiary alicyclic amines) is 1. The summed E-state index contributed by atoms with van der Waals surface area (Å²) in [6, 6.07) is 9.80. The third-order valence-corrected chi connectivity index (χ3v) is 6.10. The number of nitrogens with zero attached hydrogens (tertiary/aromatic N) is 1. The number of carbonyl (C=O) groups excluding carboxylic acids is 2. The van der Waals surface area contributed by atoms with Crippen LogP contribution in [0.5, 0.6) is 0 Å². The molecule has 28 heavy (non-hydrogen) atoms. The molecule has 0 spiro atoms. The van der Waals surface area contributed by atoms with Crippen LogP contribution in [0.2, 0.25) is 0 Å². The van der Waals surface area contributed by atoms with Gasteiger partial charge in [0.1, 0.15) is 5.00 Å². The van der Waals surface area contributed by atoms with E-state index in [4.69, 9.17) is 4.74 Å². The minimum atomic E-state index is -0.421. The molecule has 2 heterocycles. The van der Waals surface area contributed by atoms with Gasteiger partial charge in [0.2, 0.25) is 5.91 Å². The van der Waals surface area contributed by atoms with Crippen LogP contribution in [0.4, 0.5) is 5.00 Å². The van der Waals surface area contributed by atoms with Crippen molar-refractivity contribution in [2.75, 3.05) is 31.6 Å². The molecule has 0 bridgehead atoms. The second-order valence-electron chi connectivity index (χ2n) is 6.90. The number of ether oxygens (including phenoxy) is 1. The quantitative estimate of drug-likeness (QED) is 0.725. The van der Waals surface area contributed by atoms with Crippen molar-refractivity contribution in [1.82, 2.24) is 4.90 Å². The maximum absolute atomic E-state index is 12.6. The molecule has 2 N–H and O–H groups in total. The predicted octanol–water partition coefficient (Wildman–Crippen LogP) is 3.30. The number of hydrogen-bond donors (Lipinski definition) is 2. The van der Waals surface area contributed by atoms with Crippen molar-refractivity contribution in [2.45, 2.75) is 32.8 Å². The lowest BCUT2D eigenvalue weighted by molar-refractivity contribution is -0.117. The summed E-state index contributed by atoms with van der Waals surface area (Å²) in [5.41, 5.74) is 2.24. The van der Waals surface area contributed by atoms with Crippen LogP contribution in [0.1, 0.15) is 35.7 Å². The van der Waals surface area contributed by atoms with E-state index >= 15 is 0 Å². The molecule has 0 aliphatic carbocycles. The van der Waals surface area contributed by atoms with Gasteiger partial charge in [0.05, 0.1) is 24.8 Å². The molecule has 3 rings (SSSR count). The van der Waals surface area contributed by atoms with Gasteiger partial charge in [0.15, 0.2) is 0 Å². The van der Waals surface area contributed by atoms with E-state index in [-0.39, 0.29) is 25.2 Å². The number of rotatable bonds is 6. The fourth-order valence-corrected chi connectivity index (χ4v) is 4.58. The van der Waals surface area contributed by atoms with E-state index in [1.54, 1.807) is 6.92 Å². The third-order valence-electron chi connectivity index (χ3n) is 4.84. The molecule has 0 unspecified atom stereocenters. The first kappa shape index (κ1) is 20.5. The first-order valence-electron chi connectivity index (χ1n) is 9.55. The molecular weight excluding hydrogens is 376 g/mol. The number of carbonyl (C=O) groups is 2. The SMILES string of the molecule is CCOC(=O)c1c(NC(=O)CN2CCC(O)CC2)sc(-c2ccccc2)c1C. The highest BCUT2D eigenvalue weighted by molar-refractivity contribution is 7.20. The Labute approximate surface area is 169 Å². The van der Waals surface area contributed by atoms with Gasteiger partial charge in [-0.3, -0.25) is 9.69 Å². The lowest BCUT2D eigenvalue weighted by Gasteiger charge is -2.28. The third kappa shape index (κ3) is 4.79. The molecule has 1 aliphatic rings. The zero-order valence-corrected chi connectivity index (χ0v) is 17.1. The summed E-state index contributed by atoms with van der Waals surface area (Å²) in [5, 5.41) is 13.0. The van der Waals surface area contributed by atoms with Gasteiger partial charge in [-0.15, -0.1) is 11.3 Å². The zero-order chi connectivity index (χ0) is 20.1. The number of aliphatic hydroxyl groups is 1. The van der Waals surface area contributed by atoms with Crippen molar-refractivity contribution in [3.8, 4) is 10.4 Å². The van der Waals surface area contributed by atoms with Crippen molar-refractivity contribution < 1.29 is 19.4 Å². The first-order valence-corrected chi connectivity index (χ1v) is 10.4. The van der Waals surface area contributed by atoms with Gasteiger partial charge in [-0.05, 0) is 37.8 Å². The highest BCUT2D eigenvalue weighted by Gasteiger charge is 2.25. The Hall–Kier alpha value is -2.22. The number of esters is 1. The van der Waals surface area contributed by atoms with Crippen LogP contribution in [0.3, 0.4) is 0 Å². The summed E-state index contributed by atoms with van der Waals surface area (Å²) < 4.78 is 5.22. The summed E-state index contributed by atoms with van der Waals surface area (Å²) in [4.78, 5) is 28.1. The lowest BCUT2D eigenvalue weighted by atomic mass is 10.1. The summed E-state index contributed by atoms with van der Waals surface area (Å²) in [6.45, 7) is 5.55. The highest BCUT2D eigenvalue weighted by atomic mass is 32.1. The molecule has 0 saturated carbocycles. The molecule has 6 nitrogen and oxygen atoms in total. The molecule has 150 valence electrons. The minimum Gasteiger partial charge on any atom is -0.462 e. The second-order valence-corrected chi connectivity index (χ2v) is 7.92. The Morgan fingerprint density at radius 1 is 1.25 bits per heavy atom. The van der Waals surface area contributed by atoms with Gasteiger partial charge < -0.3 is 15.2 Å². The fraction of sp³-hybridized carbons (Fsp3) is 0.429. The van der Waals surface area contributed by atoms with Gasteiger partial charge >= 0.3 is 5.97 Å². The largest absolute Gasteiger partial charge is 0.462 e. The molecule has 1 amide bonds. The molecule has 1 aliphatic heterocycles. The van der Waals surface area contributed by atoms with Crippen LogP contribution < -0.4 is 5.32 Å². The predicted molar refractivity (Wildman–Crippen MR) is 111 cm³/mol. The zero-order valence-electron chi connectivity index (χ0n) is 16.2. The smallest absolute Gasteiger partial charge is 0.341 e. The van der Waals surface area contributed by atoms with E-state index in [1.165, 1.54) is 11.3 Å². The monoisotopic (exact) mass is 402 g/mol. The first-order chi connectivity index (χ1) is 13.5. The average Bonchev–Trinajstić information content (AvgIpc) is 3.00. The number of aliphatic hydroxyl groups excluding tert-OH is 1. The molecule has 7 heteroatoms. The van der Waals surface area contributed by atoms with Crippen molar-refractivity contribution in [1.29, 1.82) is 0 Å². The van der Waals surface area contributed by atoms with Crippen molar-refractivity contribution in [3.63, 3.8) is 0 Å². The van der Waals surface area contributed by atoms with Crippen LogP contribution in [0, 0.1) is 6.92 Å². The molecule has 1 fully saturated rings. The van der Waals surface area contributed by atoms with E-state index in [0.717, 1.165) is 16.0 Å². The number of thiophene rings is 1. The van der Waals surface area contributed by atoms with Crippen LogP contribution in [0.15, 0.2) is 30.3 Å². The molecule has 0 atom stereocenters. The Morgan fingerprint density at radius 2 is 1.93 bits per heavy atom. The molecule has 1 saturated heterocycles. The van der Waals surface area contributed by atoms with Crippen LogP contribution >= 0.6 is 11.3 Å². The van der Waals surface area contributed by atoms with Crippen LogP contribution in [-0.4, -0.2) is 54.2 Å². The second kappa shape index (κ2) is 9.32. The topological polar surface area (TPSA) is 78.9 Å². The number of benzene rings is 1. The summed E-state index contributed by atoms with van der Waals surface area (Å²) >= 11 is 1.39. The number of piperidine rings is 1. The Balaban J connectivity index is 1.82.